The molecule has 4 heterocycles. The molecule has 9 nitrogen and oxygen atoms in total. The molecule has 10 heteroatoms. The molecule has 3 aromatic rings. The minimum atomic E-state index is -0.239. The maximum atomic E-state index is 11.3. The number of ketones is 1. The normalized spacial score (nSPS) is 17.0. The standard InChI is InChI=1S/C22H26N2O3.C10H17N3OS/c1-3-17(25)11-6-4-5-7-13-21-23-15-20(27-21)18-14-16-10-8-9-12-19(16)24-22(18)26-2;11-10(14)9-6-8(12-15-9)7-13-4-2-1-3-5-13/h8-10,12,14-15H,3-7,11,13H2,1-2H3;9H,1-7H2,(H2,11,14). The number of hydrogen-bond acceptors (Lipinski definition) is 9. The van der Waals surface area contributed by atoms with Gasteiger partial charge in [-0.1, -0.05) is 44.4 Å². The van der Waals surface area contributed by atoms with E-state index in [0.29, 0.717) is 30.3 Å². The zero-order chi connectivity index (χ0) is 29.7. The number of hydrogen-bond donors (Lipinski definition) is 1. The highest BCUT2D eigenvalue weighted by Gasteiger charge is 2.26. The van der Waals surface area contributed by atoms with E-state index in [1.54, 1.807) is 13.3 Å². The Morgan fingerprint density at radius 1 is 1.12 bits per heavy atom. The van der Waals surface area contributed by atoms with Crippen molar-refractivity contribution in [3.8, 4) is 17.2 Å². The molecule has 0 spiro atoms. The summed E-state index contributed by atoms with van der Waals surface area (Å²) in [6.07, 6.45) is 12.7. The number of rotatable bonds is 13. The number of oxazole rings is 1. The fourth-order valence-electron chi connectivity index (χ4n) is 5.16. The number of unbranched alkanes of at least 4 members (excludes halogenated alkanes) is 3. The van der Waals surface area contributed by atoms with Gasteiger partial charge in [-0.05, 0) is 62.9 Å². The first kappa shape index (κ1) is 31.7. The van der Waals surface area contributed by atoms with Crippen molar-refractivity contribution in [1.29, 1.82) is 0 Å². The molecule has 42 heavy (non-hydrogen) atoms. The number of nitrogens with zero attached hydrogens (tertiary/aromatic N) is 4. The van der Waals surface area contributed by atoms with Crippen molar-refractivity contribution in [1.82, 2.24) is 14.9 Å². The Bertz CT molecular complexity index is 1350. The number of carbonyl (C=O) groups is 2. The molecule has 0 aliphatic carbocycles. The van der Waals surface area contributed by atoms with Crippen LogP contribution in [0.4, 0.5) is 0 Å². The van der Waals surface area contributed by atoms with Gasteiger partial charge in [-0.25, -0.2) is 14.4 Å². The van der Waals surface area contributed by atoms with Crippen LogP contribution in [0.1, 0.15) is 77.0 Å². The average molecular weight is 594 g/mol. The van der Waals surface area contributed by atoms with Gasteiger partial charge in [0.1, 0.15) is 11.0 Å². The zero-order valence-corrected chi connectivity index (χ0v) is 25.7. The molecule has 1 atom stereocenters. The van der Waals surface area contributed by atoms with Crippen LogP contribution in [-0.4, -0.2) is 64.3 Å². The third kappa shape index (κ3) is 9.39. The Hall–Kier alpha value is -3.24. The van der Waals surface area contributed by atoms with E-state index in [0.717, 1.165) is 73.1 Å². The van der Waals surface area contributed by atoms with Gasteiger partial charge in [0.15, 0.2) is 11.7 Å². The third-order valence-electron chi connectivity index (χ3n) is 7.59. The average Bonchev–Trinajstić information content (AvgIpc) is 3.69. The minimum Gasteiger partial charge on any atom is -0.480 e. The van der Waals surface area contributed by atoms with Crippen LogP contribution >= 0.6 is 11.9 Å². The van der Waals surface area contributed by atoms with E-state index in [2.05, 4.69) is 19.3 Å². The molecular formula is C32H43N5O4S. The lowest BCUT2D eigenvalue weighted by atomic mass is 10.1. The van der Waals surface area contributed by atoms with Gasteiger partial charge in [0.25, 0.3) is 0 Å². The number of carbonyl (C=O) groups excluding carboxylic acids is 2. The molecule has 1 unspecified atom stereocenters. The lowest BCUT2D eigenvalue weighted by Crippen LogP contribution is -2.35. The molecule has 1 aromatic carbocycles. The van der Waals surface area contributed by atoms with Crippen molar-refractivity contribution < 1.29 is 18.7 Å². The highest BCUT2D eigenvalue weighted by Crippen LogP contribution is 2.32. The number of aryl methyl sites for hydroxylation is 1. The smallest absolute Gasteiger partial charge is 0.232 e. The summed E-state index contributed by atoms with van der Waals surface area (Å²) in [6, 6.07) is 9.95. The largest absolute Gasteiger partial charge is 0.480 e. The Balaban J connectivity index is 0.000000227. The van der Waals surface area contributed by atoms with E-state index in [1.165, 1.54) is 44.3 Å². The summed E-state index contributed by atoms with van der Waals surface area (Å²) in [6.45, 7) is 5.19. The predicted octanol–water partition coefficient (Wildman–Crippen LogP) is 6.19. The number of amides is 1. The molecular weight excluding hydrogens is 550 g/mol. The molecule has 2 aromatic heterocycles. The van der Waals surface area contributed by atoms with E-state index in [9.17, 15) is 9.59 Å². The van der Waals surface area contributed by atoms with Crippen molar-refractivity contribution in [3.63, 3.8) is 0 Å². The summed E-state index contributed by atoms with van der Waals surface area (Å²) >= 11 is 1.33. The number of pyridine rings is 1. The molecule has 2 N–H and O–H groups in total. The van der Waals surface area contributed by atoms with Crippen molar-refractivity contribution in [2.45, 2.75) is 82.8 Å². The van der Waals surface area contributed by atoms with E-state index in [4.69, 9.17) is 14.9 Å². The number of Topliss-reactive ketones (excluding diaryl/α,β-unsaturated/α-hetero) is 1. The molecule has 1 fully saturated rings. The number of ether oxygens (including phenoxy) is 1. The van der Waals surface area contributed by atoms with Gasteiger partial charge >= 0.3 is 0 Å². The maximum absolute atomic E-state index is 11.3. The molecule has 0 saturated carbocycles. The molecule has 0 bridgehead atoms. The first-order valence-corrected chi connectivity index (χ1v) is 15.9. The number of primary amides is 1. The summed E-state index contributed by atoms with van der Waals surface area (Å²) in [4.78, 5) is 33.6. The van der Waals surface area contributed by atoms with Gasteiger partial charge in [-0.3, -0.25) is 14.5 Å². The third-order valence-corrected chi connectivity index (χ3v) is 8.61. The predicted molar refractivity (Wildman–Crippen MR) is 169 cm³/mol. The van der Waals surface area contributed by atoms with Gasteiger partial charge in [-0.15, -0.1) is 0 Å². The molecule has 5 rings (SSSR count). The van der Waals surface area contributed by atoms with Gasteiger partial charge < -0.3 is 14.9 Å². The van der Waals surface area contributed by atoms with Crippen molar-refractivity contribution in [2.75, 3.05) is 26.7 Å². The number of para-hydroxylation sites is 1. The number of nitrogens with two attached hydrogens (primary N) is 1. The van der Waals surface area contributed by atoms with Crippen molar-refractivity contribution in [3.05, 3.63) is 42.4 Å². The van der Waals surface area contributed by atoms with Gasteiger partial charge in [0.2, 0.25) is 11.8 Å². The summed E-state index contributed by atoms with van der Waals surface area (Å²) in [5.41, 5.74) is 8.08. The Morgan fingerprint density at radius 2 is 1.90 bits per heavy atom. The number of likely N-dealkylation sites (tertiary alicyclic amines) is 1. The van der Waals surface area contributed by atoms with Crippen LogP contribution < -0.4 is 10.5 Å². The highest BCUT2D eigenvalue weighted by atomic mass is 32.2. The van der Waals surface area contributed by atoms with Crippen LogP contribution in [0.25, 0.3) is 22.2 Å². The minimum absolute atomic E-state index is 0.121. The van der Waals surface area contributed by atoms with Crippen molar-refractivity contribution >= 4 is 40.3 Å². The number of methoxy groups -OCH3 is 1. The van der Waals surface area contributed by atoms with Gasteiger partial charge in [-0.2, -0.15) is 0 Å². The van der Waals surface area contributed by atoms with Gasteiger partial charge in [0.05, 0.1) is 24.4 Å². The molecule has 1 saturated heterocycles. The molecule has 2 aliphatic heterocycles. The van der Waals surface area contributed by atoms with E-state index >= 15 is 0 Å². The van der Waals surface area contributed by atoms with E-state index in [-0.39, 0.29) is 11.2 Å². The maximum Gasteiger partial charge on any atom is 0.232 e. The Morgan fingerprint density at radius 3 is 2.64 bits per heavy atom. The second kappa shape index (κ2) is 16.4. The number of piperidine rings is 1. The molecule has 2 aliphatic rings. The van der Waals surface area contributed by atoms with Crippen LogP contribution in [0.3, 0.4) is 0 Å². The number of benzene rings is 1. The number of fused-ring (bicyclic) bond motifs is 1. The number of aromatic nitrogens is 2. The van der Waals surface area contributed by atoms with Crippen molar-refractivity contribution in [2.24, 2.45) is 10.1 Å². The summed E-state index contributed by atoms with van der Waals surface area (Å²) in [5, 5.41) is 0.915. The monoisotopic (exact) mass is 593 g/mol. The first-order chi connectivity index (χ1) is 20.5. The van der Waals surface area contributed by atoms with Crippen LogP contribution in [0.2, 0.25) is 0 Å². The molecule has 0 radical (unpaired) electrons. The Labute approximate surface area is 252 Å². The first-order valence-electron chi connectivity index (χ1n) is 15.1. The van der Waals surface area contributed by atoms with E-state index in [1.807, 2.05) is 37.3 Å². The highest BCUT2D eigenvalue weighted by molar-refractivity contribution is 7.99. The molecule has 226 valence electrons. The van der Waals surface area contributed by atoms with Crippen LogP contribution in [0, 0.1) is 0 Å². The van der Waals surface area contributed by atoms with Crippen LogP contribution in [-0.2, 0) is 16.0 Å². The van der Waals surface area contributed by atoms with Crippen LogP contribution in [0.5, 0.6) is 5.88 Å². The summed E-state index contributed by atoms with van der Waals surface area (Å²) in [7, 11) is 1.61. The fourth-order valence-corrected chi connectivity index (χ4v) is 5.94. The van der Waals surface area contributed by atoms with E-state index < -0.39 is 0 Å². The fraction of sp³-hybridized carbons (Fsp3) is 0.531. The van der Waals surface area contributed by atoms with Gasteiger partial charge in [0, 0.05) is 43.3 Å². The second-order valence-electron chi connectivity index (χ2n) is 10.9. The molecule has 1 amide bonds. The summed E-state index contributed by atoms with van der Waals surface area (Å²) < 4.78 is 15.7. The quantitative estimate of drug-likeness (QED) is 0.184. The topological polar surface area (TPSA) is 124 Å². The Kier molecular flexibility index (Phi) is 12.4. The zero-order valence-electron chi connectivity index (χ0n) is 24.8. The SMILES string of the molecule is CCC(=O)CCCCCCc1ncc(-c2cc3ccccc3nc2OC)o1.NC(=O)C1CC(CN2CCCCC2)=NS1. The lowest BCUT2D eigenvalue weighted by molar-refractivity contribution is -0.119. The summed E-state index contributed by atoms with van der Waals surface area (Å²) in [5.74, 6) is 2.05. The second-order valence-corrected chi connectivity index (χ2v) is 11.8. The van der Waals surface area contributed by atoms with Crippen LogP contribution in [0.15, 0.2) is 45.3 Å². The lowest BCUT2D eigenvalue weighted by Gasteiger charge is -2.26.